The van der Waals surface area contributed by atoms with Crippen molar-refractivity contribution >= 4 is 41.4 Å². The SMILES string of the molecule is CO/N=C(/C(=O)NC1C(=O)N2C(C(=O)[O-])=C(COC(N)=O)CS[C@H]12)c1cccc(O)c1.[Na+]. The largest absolute Gasteiger partial charge is 1.00 e. The van der Waals surface area contributed by atoms with Crippen LogP contribution in [-0.2, 0) is 24.0 Å². The van der Waals surface area contributed by atoms with E-state index in [1.165, 1.54) is 43.1 Å². The molecule has 0 aliphatic carbocycles. The zero-order chi connectivity index (χ0) is 22.7. The number of aromatic hydroxyl groups is 1. The number of primary amides is 1. The van der Waals surface area contributed by atoms with E-state index in [-0.39, 0.29) is 57.9 Å². The maximum absolute atomic E-state index is 12.7. The molecule has 1 aromatic carbocycles. The molecule has 0 bridgehead atoms. The van der Waals surface area contributed by atoms with Gasteiger partial charge in [-0.05, 0) is 12.1 Å². The third kappa shape index (κ3) is 5.18. The van der Waals surface area contributed by atoms with Crippen LogP contribution in [0.1, 0.15) is 5.56 Å². The molecule has 2 heterocycles. The number of phenols is 1. The minimum absolute atomic E-state index is 0. The van der Waals surface area contributed by atoms with Crippen molar-refractivity contribution in [2.45, 2.75) is 11.4 Å². The Morgan fingerprint density at radius 2 is 2.12 bits per heavy atom. The van der Waals surface area contributed by atoms with Gasteiger partial charge >= 0.3 is 35.7 Å². The van der Waals surface area contributed by atoms with Crippen LogP contribution in [0.4, 0.5) is 4.79 Å². The third-order valence-corrected chi connectivity index (χ3v) is 5.77. The Kier molecular flexibility index (Phi) is 8.55. The summed E-state index contributed by atoms with van der Waals surface area (Å²) in [4.78, 5) is 53.4. The number of carbonyl (C=O) groups excluding carboxylic acids is 4. The summed E-state index contributed by atoms with van der Waals surface area (Å²) < 4.78 is 4.63. The van der Waals surface area contributed by atoms with E-state index in [2.05, 4.69) is 15.2 Å². The number of carboxylic acids is 1. The molecule has 0 aromatic heterocycles. The monoisotopic (exact) mass is 472 g/mol. The van der Waals surface area contributed by atoms with Crippen LogP contribution >= 0.6 is 11.8 Å². The van der Waals surface area contributed by atoms with E-state index < -0.39 is 47.6 Å². The number of nitrogens with zero attached hydrogens (tertiary/aromatic N) is 2. The van der Waals surface area contributed by atoms with Crippen molar-refractivity contribution in [2.75, 3.05) is 19.5 Å². The summed E-state index contributed by atoms with van der Waals surface area (Å²) in [7, 11) is 1.23. The summed E-state index contributed by atoms with van der Waals surface area (Å²) in [5.74, 6) is -3.05. The molecule has 32 heavy (non-hydrogen) atoms. The molecule has 2 aliphatic rings. The molecule has 12 nitrogen and oxygen atoms in total. The number of β-lactam (4-membered cyclic amide) rings is 1. The van der Waals surface area contributed by atoms with Gasteiger partial charge in [0.15, 0.2) is 5.71 Å². The summed E-state index contributed by atoms with van der Waals surface area (Å²) in [6.07, 6.45) is -1.09. The van der Waals surface area contributed by atoms with E-state index >= 15 is 0 Å². The Morgan fingerprint density at radius 3 is 2.72 bits per heavy atom. The first-order valence-electron chi connectivity index (χ1n) is 8.76. The second kappa shape index (κ2) is 10.7. The minimum atomic E-state index is -1.62. The Labute approximate surface area is 208 Å². The van der Waals surface area contributed by atoms with Gasteiger partial charge in [0.2, 0.25) is 0 Å². The summed E-state index contributed by atoms with van der Waals surface area (Å²) in [6, 6.07) is 4.69. The van der Waals surface area contributed by atoms with Gasteiger partial charge in [-0.15, -0.1) is 11.8 Å². The van der Waals surface area contributed by atoms with E-state index in [1.54, 1.807) is 0 Å². The summed E-state index contributed by atoms with van der Waals surface area (Å²) in [6.45, 7) is -0.401. The minimum Gasteiger partial charge on any atom is -0.543 e. The van der Waals surface area contributed by atoms with E-state index in [4.69, 9.17) is 10.6 Å². The number of rotatable bonds is 7. The number of nitrogens with one attached hydrogen (secondary N) is 1. The number of aliphatic carboxylic acids is 1. The van der Waals surface area contributed by atoms with Crippen molar-refractivity contribution < 1.29 is 68.5 Å². The number of nitrogens with two attached hydrogens (primary N) is 1. The van der Waals surface area contributed by atoms with Gasteiger partial charge in [-0.25, -0.2) is 4.79 Å². The molecule has 2 atom stereocenters. The van der Waals surface area contributed by atoms with Crippen LogP contribution in [-0.4, -0.2) is 70.5 Å². The standard InChI is InChI=1S/C18H18N4O8S.Na/c1-29-21-11(8-3-2-4-10(23)5-8)14(24)20-12-15(25)22-13(17(26)27)9(6-30-18(19)28)7-31-16(12)22;/h2-5,12,16,23H,6-7H2,1H3,(H2,19,28)(H,20,24)(H,26,27);/q;+1/p-1/b21-11+;/t12?,16-;/m1./s1. The van der Waals surface area contributed by atoms with Crippen LogP contribution < -0.4 is 45.7 Å². The molecule has 1 aromatic rings. The second-order valence-corrected chi connectivity index (χ2v) is 7.49. The van der Waals surface area contributed by atoms with Crippen LogP contribution in [0.5, 0.6) is 5.75 Å². The van der Waals surface area contributed by atoms with Crippen molar-refractivity contribution in [1.82, 2.24) is 10.2 Å². The first-order chi connectivity index (χ1) is 14.7. The maximum atomic E-state index is 12.7. The smallest absolute Gasteiger partial charge is 0.543 e. The number of thioether (sulfide) groups is 1. The number of carbonyl (C=O) groups is 4. The zero-order valence-corrected chi connectivity index (χ0v) is 19.9. The molecule has 3 amide bonds. The fraction of sp³-hybridized carbons (Fsp3) is 0.278. The topological polar surface area (TPSA) is 184 Å². The van der Waals surface area contributed by atoms with Crippen molar-refractivity contribution in [3.8, 4) is 5.75 Å². The van der Waals surface area contributed by atoms with Crippen molar-refractivity contribution in [1.29, 1.82) is 0 Å². The maximum Gasteiger partial charge on any atom is 1.00 e. The molecule has 3 rings (SSSR count). The molecule has 1 unspecified atom stereocenters. The van der Waals surface area contributed by atoms with Gasteiger partial charge in [-0.3, -0.25) is 14.5 Å². The fourth-order valence-electron chi connectivity index (χ4n) is 3.12. The molecular formula is C18H17N4NaO8S. The van der Waals surface area contributed by atoms with E-state index in [1.807, 2.05) is 0 Å². The molecule has 14 heteroatoms. The van der Waals surface area contributed by atoms with Gasteiger partial charge in [-0.1, -0.05) is 17.3 Å². The molecule has 1 saturated heterocycles. The van der Waals surface area contributed by atoms with Crippen LogP contribution in [0.2, 0.25) is 0 Å². The van der Waals surface area contributed by atoms with Crippen LogP contribution in [0.15, 0.2) is 40.7 Å². The number of fused-ring (bicyclic) bond motifs is 1. The van der Waals surface area contributed by atoms with Crippen molar-refractivity contribution in [2.24, 2.45) is 10.9 Å². The van der Waals surface area contributed by atoms with Gasteiger partial charge in [0, 0.05) is 16.9 Å². The number of carboxylic acid groups (broad SMARTS) is 1. The zero-order valence-electron chi connectivity index (χ0n) is 17.1. The van der Waals surface area contributed by atoms with Gasteiger partial charge in [0.05, 0.1) is 11.7 Å². The quantitative estimate of drug-likeness (QED) is 0.152. The normalized spacial score (nSPS) is 19.8. The average molecular weight is 472 g/mol. The molecule has 4 N–H and O–H groups in total. The van der Waals surface area contributed by atoms with Crippen molar-refractivity contribution in [3.63, 3.8) is 0 Å². The number of benzene rings is 1. The molecule has 164 valence electrons. The Hall–Kier alpha value is -2.74. The van der Waals surface area contributed by atoms with E-state index in [9.17, 15) is 29.4 Å². The number of hydrogen-bond acceptors (Lipinski definition) is 10. The Bertz CT molecular complexity index is 1010. The Balaban J connectivity index is 0.00000363. The molecule has 2 aliphatic heterocycles. The number of hydrogen-bond donors (Lipinski definition) is 3. The molecule has 1 fully saturated rings. The molecule has 0 radical (unpaired) electrons. The van der Waals surface area contributed by atoms with Crippen LogP contribution in [0.25, 0.3) is 0 Å². The van der Waals surface area contributed by atoms with Crippen molar-refractivity contribution in [3.05, 3.63) is 41.1 Å². The van der Waals surface area contributed by atoms with Crippen LogP contribution in [0.3, 0.4) is 0 Å². The Morgan fingerprint density at radius 1 is 1.41 bits per heavy atom. The molecule has 0 saturated carbocycles. The van der Waals surface area contributed by atoms with E-state index in [0.717, 1.165) is 4.90 Å². The van der Waals surface area contributed by atoms with Gasteiger partial charge < -0.3 is 35.6 Å². The van der Waals surface area contributed by atoms with Gasteiger partial charge in [0.1, 0.15) is 30.9 Å². The first-order valence-corrected chi connectivity index (χ1v) is 9.81. The summed E-state index contributed by atoms with van der Waals surface area (Å²) in [5, 5.41) is 26.7. The average Bonchev–Trinajstić information content (AvgIpc) is 2.73. The second-order valence-electron chi connectivity index (χ2n) is 6.38. The predicted octanol–water partition coefficient (Wildman–Crippen LogP) is -4.75. The molecular weight excluding hydrogens is 455 g/mol. The fourth-order valence-corrected chi connectivity index (χ4v) is 4.45. The number of phenolic OH excluding ortho intramolecular Hbond substituents is 1. The first kappa shape index (κ1) is 25.5. The summed E-state index contributed by atoms with van der Waals surface area (Å²) >= 11 is 1.17. The van der Waals surface area contributed by atoms with E-state index in [0.29, 0.717) is 0 Å². The number of oxime groups is 1. The molecule has 0 spiro atoms. The number of amides is 3. The number of ether oxygens (including phenoxy) is 1. The predicted molar refractivity (Wildman–Crippen MR) is 104 cm³/mol. The summed E-state index contributed by atoms with van der Waals surface area (Å²) in [5.41, 5.74) is 4.70. The van der Waals surface area contributed by atoms with Crippen LogP contribution in [0, 0.1) is 0 Å². The third-order valence-electron chi connectivity index (χ3n) is 4.43. The van der Waals surface area contributed by atoms with Gasteiger partial charge in [-0.2, -0.15) is 0 Å². The van der Waals surface area contributed by atoms with Gasteiger partial charge in [0.25, 0.3) is 11.8 Å².